The topological polar surface area (TPSA) is 90.2 Å². The van der Waals surface area contributed by atoms with Gasteiger partial charge in [-0.15, -0.1) is 0 Å². The van der Waals surface area contributed by atoms with E-state index in [0.717, 1.165) is 6.08 Å². The molecule has 0 saturated carbocycles. The van der Waals surface area contributed by atoms with Gasteiger partial charge in [0.05, 0.1) is 0 Å². The summed E-state index contributed by atoms with van der Waals surface area (Å²) in [5.74, 6) is 0. The molecule has 0 bridgehead atoms. The highest BCUT2D eigenvalue weighted by Gasteiger charge is 2.14. The number of hydrogen-bond acceptors (Lipinski definition) is 5. The van der Waals surface area contributed by atoms with Crippen LogP contribution in [0.3, 0.4) is 0 Å². The zero-order valence-electron chi connectivity index (χ0n) is 6.38. The van der Waals surface area contributed by atoms with Crippen LogP contribution in [0.4, 0.5) is 4.79 Å². The molecule has 1 atom stereocenters. The first-order valence-corrected chi connectivity index (χ1v) is 3.13. The Balaban J connectivity index is 3.92. The molecule has 0 rings (SSSR count). The molecule has 0 aromatic rings. The summed E-state index contributed by atoms with van der Waals surface area (Å²) in [5.41, 5.74) is 0. The smallest absolute Gasteiger partial charge is 0.416 e. The number of carbonyl (C=O) groups excluding carboxylic acids is 1. The molecule has 1 unspecified atom stereocenters. The molecule has 0 aromatic carbocycles. The van der Waals surface area contributed by atoms with Crippen LogP contribution in [0.1, 0.15) is 0 Å². The van der Waals surface area contributed by atoms with E-state index in [-0.39, 0.29) is 0 Å². The average molecular weight is 177 g/mol. The molecule has 0 fully saturated rings. The van der Waals surface area contributed by atoms with Crippen molar-refractivity contribution in [3.63, 3.8) is 0 Å². The van der Waals surface area contributed by atoms with Crippen LogP contribution in [-0.2, 0) is 4.74 Å². The van der Waals surface area contributed by atoms with Crippen molar-refractivity contribution in [3.8, 4) is 0 Å². The maximum absolute atomic E-state index is 10.8. The van der Waals surface area contributed by atoms with E-state index >= 15 is 0 Å². The molecule has 0 aromatic heterocycles. The number of rotatable bonds is 4. The third-order valence-electron chi connectivity index (χ3n) is 1.02. The van der Waals surface area contributed by atoms with Crippen molar-refractivity contribution in [2.45, 2.75) is 6.29 Å². The van der Waals surface area contributed by atoms with Crippen LogP contribution >= 0.6 is 0 Å². The van der Waals surface area contributed by atoms with Gasteiger partial charge in [-0.3, -0.25) is 4.90 Å². The summed E-state index contributed by atoms with van der Waals surface area (Å²) >= 11 is 0. The Labute approximate surface area is 69.3 Å². The van der Waals surface area contributed by atoms with Crippen LogP contribution < -0.4 is 0 Å². The maximum atomic E-state index is 10.8. The quantitative estimate of drug-likeness (QED) is 0.372. The lowest BCUT2D eigenvalue weighted by Gasteiger charge is -2.17. The molecule has 0 aliphatic carbocycles. The van der Waals surface area contributed by atoms with Crippen LogP contribution in [0.15, 0.2) is 12.7 Å². The SMILES string of the molecule is C=CC(O)OC(=O)N(CO)CO. The van der Waals surface area contributed by atoms with E-state index in [1.165, 1.54) is 0 Å². The van der Waals surface area contributed by atoms with E-state index in [2.05, 4.69) is 11.3 Å². The van der Waals surface area contributed by atoms with Crippen molar-refractivity contribution < 1.29 is 24.9 Å². The second kappa shape index (κ2) is 5.53. The number of ether oxygens (including phenoxy) is 1. The summed E-state index contributed by atoms with van der Waals surface area (Å²) in [6, 6.07) is 0. The summed E-state index contributed by atoms with van der Waals surface area (Å²) < 4.78 is 4.25. The van der Waals surface area contributed by atoms with Crippen molar-refractivity contribution in [1.29, 1.82) is 0 Å². The lowest BCUT2D eigenvalue weighted by molar-refractivity contribution is -0.0524. The number of aliphatic hydroxyl groups excluding tert-OH is 3. The molecule has 0 heterocycles. The summed E-state index contributed by atoms with van der Waals surface area (Å²) in [5, 5.41) is 25.6. The van der Waals surface area contributed by atoms with E-state index in [4.69, 9.17) is 15.3 Å². The zero-order valence-corrected chi connectivity index (χ0v) is 6.38. The van der Waals surface area contributed by atoms with Gasteiger partial charge in [-0.2, -0.15) is 0 Å². The van der Waals surface area contributed by atoms with Gasteiger partial charge in [-0.25, -0.2) is 4.79 Å². The fourth-order valence-corrected chi connectivity index (χ4v) is 0.386. The van der Waals surface area contributed by atoms with Gasteiger partial charge in [0, 0.05) is 0 Å². The van der Waals surface area contributed by atoms with E-state index in [1.54, 1.807) is 0 Å². The molecule has 0 aliphatic heterocycles. The molecule has 6 heteroatoms. The molecule has 0 radical (unpaired) electrons. The molecule has 0 aliphatic rings. The number of amides is 1. The van der Waals surface area contributed by atoms with Gasteiger partial charge in [0.15, 0.2) is 0 Å². The summed E-state index contributed by atoms with van der Waals surface area (Å²) in [4.78, 5) is 11.3. The monoisotopic (exact) mass is 177 g/mol. The molecule has 70 valence electrons. The second-order valence-electron chi connectivity index (χ2n) is 1.83. The molecular weight excluding hydrogens is 166 g/mol. The predicted octanol–water partition coefficient (Wildman–Crippen LogP) is -1.17. The highest BCUT2D eigenvalue weighted by molar-refractivity contribution is 5.67. The van der Waals surface area contributed by atoms with Crippen molar-refractivity contribution in [1.82, 2.24) is 4.90 Å². The minimum atomic E-state index is -1.43. The van der Waals surface area contributed by atoms with E-state index in [1.807, 2.05) is 0 Å². The summed E-state index contributed by atoms with van der Waals surface area (Å²) in [6.07, 6.45) is -1.46. The lowest BCUT2D eigenvalue weighted by atomic mass is 10.6. The van der Waals surface area contributed by atoms with Gasteiger partial charge in [-0.1, -0.05) is 6.58 Å². The van der Waals surface area contributed by atoms with Gasteiger partial charge in [0.1, 0.15) is 13.5 Å². The van der Waals surface area contributed by atoms with Gasteiger partial charge in [0.25, 0.3) is 0 Å². The van der Waals surface area contributed by atoms with Crippen molar-refractivity contribution in [3.05, 3.63) is 12.7 Å². The molecule has 6 nitrogen and oxygen atoms in total. The van der Waals surface area contributed by atoms with Crippen molar-refractivity contribution >= 4 is 6.09 Å². The molecule has 0 spiro atoms. The lowest BCUT2D eigenvalue weighted by Crippen LogP contribution is -2.35. The van der Waals surface area contributed by atoms with Crippen LogP contribution in [-0.4, -0.2) is 46.1 Å². The molecular formula is C6H11NO5. The first-order chi connectivity index (χ1) is 5.65. The van der Waals surface area contributed by atoms with Crippen LogP contribution in [0.25, 0.3) is 0 Å². The second-order valence-corrected chi connectivity index (χ2v) is 1.83. The number of nitrogens with zero attached hydrogens (tertiary/aromatic N) is 1. The first-order valence-electron chi connectivity index (χ1n) is 3.13. The van der Waals surface area contributed by atoms with Gasteiger partial charge in [0.2, 0.25) is 6.29 Å². The molecule has 3 N–H and O–H groups in total. The fourth-order valence-electron chi connectivity index (χ4n) is 0.386. The Hall–Kier alpha value is -1.11. The third kappa shape index (κ3) is 3.33. The Morgan fingerprint density at radius 2 is 2.08 bits per heavy atom. The standard InChI is InChI=1S/C6H11NO5/c1-2-5(10)12-6(11)7(3-8)4-9/h2,5,8-10H,1,3-4H2. The van der Waals surface area contributed by atoms with Crippen molar-refractivity contribution in [2.24, 2.45) is 0 Å². The highest BCUT2D eigenvalue weighted by atomic mass is 16.6. The number of carbonyl (C=O) groups is 1. The zero-order chi connectivity index (χ0) is 9.56. The normalized spacial score (nSPS) is 11.9. The van der Waals surface area contributed by atoms with Crippen molar-refractivity contribution in [2.75, 3.05) is 13.5 Å². The summed E-state index contributed by atoms with van der Waals surface area (Å²) in [6.45, 7) is 1.79. The van der Waals surface area contributed by atoms with Crippen LogP contribution in [0.5, 0.6) is 0 Å². The third-order valence-corrected chi connectivity index (χ3v) is 1.02. The fraction of sp³-hybridized carbons (Fsp3) is 0.500. The summed E-state index contributed by atoms with van der Waals surface area (Å²) in [7, 11) is 0. The Morgan fingerprint density at radius 3 is 2.42 bits per heavy atom. The molecule has 0 saturated heterocycles. The number of hydrogen-bond donors (Lipinski definition) is 3. The van der Waals surface area contributed by atoms with E-state index in [9.17, 15) is 4.79 Å². The minimum Gasteiger partial charge on any atom is -0.416 e. The Kier molecular flexibility index (Phi) is 5.02. The predicted molar refractivity (Wildman–Crippen MR) is 38.7 cm³/mol. The maximum Gasteiger partial charge on any atom is 0.416 e. The molecule has 1 amide bonds. The Morgan fingerprint density at radius 1 is 1.58 bits per heavy atom. The van der Waals surface area contributed by atoms with Gasteiger partial charge < -0.3 is 20.1 Å². The van der Waals surface area contributed by atoms with Gasteiger partial charge >= 0.3 is 6.09 Å². The van der Waals surface area contributed by atoms with Crippen LogP contribution in [0.2, 0.25) is 0 Å². The minimum absolute atomic E-state index is 0.576. The number of aliphatic hydroxyl groups is 3. The van der Waals surface area contributed by atoms with Gasteiger partial charge in [-0.05, 0) is 6.08 Å². The largest absolute Gasteiger partial charge is 0.416 e. The van der Waals surface area contributed by atoms with E-state index < -0.39 is 25.8 Å². The highest BCUT2D eigenvalue weighted by Crippen LogP contribution is 1.95. The molecule has 12 heavy (non-hydrogen) atoms. The average Bonchev–Trinajstić information content (AvgIpc) is 2.06. The van der Waals surface area contributed by atoms with Crippen LogP contribution in [0, 0.1) is 0 Å². The van der Waals surface area contributed by atoms with E-state index in [0.29, 0.717) is 4.90 Å². The Bertz CT molecular complexity index is 156. The first kappa shape index (κ1) is 10.9.